The van der Waals surface area contributed by atoms with Crippen LogP contribution >= 0.6 is 0 Å². The van der Waals surface area contributed by atoms with Crippen molar-refractivity contribution >= 4 is 40.5 Å². The molecule has 77 heavy (non-hydrogen) atoms. The van der Waals surface area contributed by atoms with Gasteiger partial charge in [0.1, 0.15) is 36.0 Å². The SMILES string of the molecule is CC(C)N1CCOc2c(F)cc(-c3nc(Cc4cccc(N5CCCNCC5)c4)ncc3F)cc21.CC(C)N1CCOc2c(F)cc(-c3nc(Nc4cccc(N5CCCN(C(=O)OC(C)(C)C)CC5)c4)ncc3F)cc21. The van der Waals surface area contributed by atoms with Crippen LogP contribution in [0.15, 0.2) is 85.2 Å². The Morgan fingerprint density at radius 1 is 0.662 bits per heavy atom. The van der Waals surface area contributed by atoms with Gasteiger partial charge in [-0.1, -0.05) is 18.2 Å². The summed E-state index contributed by atoms with van der Waals surface area (Å²) in [6.07, 6.45) is 4.33. The molecule has 0 bridgehead atoms. The fourth-order valence-corrected chi connectivity index (χ4v) is 10.0. The molecule has 0 unspecified atom stereocenters. The maximum absolute atomic E-state index is 15.1. The number of rotatable bonds is 10. The Hall–Kier alpha value is -7.41. The van der Waals surface area contributed by atoms with E-state index in [4.69, 9.17) is 14.2 Å². The zero-order chi connectivity index (χ0) is 54.4. The van der Waals surface area contributed by atoms with Crippen molar-refractivity contribution in [1.29, 1.82) is 0 Å². The molecule has 1 amide bonds. The van der Waals surface area contributed by atoms with Gasteiger partial charge in [0.05, 0.1) is 36.9 Å². The summed E-state index contributed by atoms with van der Waals surface area (Å²) in [5.41, 5.74) is 5.34. The van der Waals surface area contributed by atoms with Crippen LogP contribution in [0.3, 0.4) is 0 Å². The van der Waals surface area contributed by atoms with Gasteiger partial charge in [0, 0.05) is 92.5 Å². The lowest BCUT2D eigenvalue weighted by Crippen LogP contribution is -2.39. The molecule has 6 aromatic rings. The van der Waals surface area contributed by atoms with Crippen LogP contribution in [0.25, 0.3) is 22.5 Å². The molecule has 19 heteroatoms. The van der Waals surface area contributed by atoms with Gasteiger partial charge in [-0.2, -0.15) is 0 Å². The molecule has 4 aliphatic rings. The average molecular weight is 1060 g/mol. The minimum absolute atomic E-state index is 0.00520. The Kier molecular flexibility index (Phi) is 16.9. The van der Waals surface area contributed by atoms with E-state index in [1.807, 2.05) is 89.8 Å². The van der Waals surface area contributed by atoms with Crippen molar-refractivity contribution in [2.75, 3.05) is 104 Å². The van der Waals surface area contributed by atoms with Crippen LogP contribution in [0.4, 0.5) is 56.7 Å². The van der Waals surface area contributed by atoms with Crippen molar-refractivity contribution in [2.24, 2.45) is 0 Å². The Morgan fingerprint density at radius 2 is 1.26 bits per heavy atom. The zero-order valence-corrected chi connectivity index (χ0v) is 45.0. The number of hydrogen-bond acceptors (Lipinski definition) is 14. The molecule has 4 aromatic carbocycles. The van der Waals surface area contributed by atoms with Crippen LogP contribution in [0.1, 0.15) is 72.7 Å². The van der Waals surface area contributed by atoms with Gasteiger partial charge in [0.25, 0.3) is 0 Å². The maximum Gasteiger partial charge on any atom is 0.410 e. The number of hydrogen-bond donors (Lipinski definition) is 2. The lowest BCUT2D eigenvalue weighted by Gasteiger charge is -2.34. The number of benzene rings is 4. The quantitative estimate of drug-likeness (QED) is 0.126. The number of anilines is 6. The van der Waals surface area contributed by atoms with Crippen LogP contribution in [0.5, 0.6) is 11.5 Å². The summed E-state index contributed by atoms with van der Waals surface area (Å²) in [5.74, 6) is -1.24. The highest BCUT2D eigenvalue weighted by atomic mass is 19.1. The number of ether oxygens (including phenoxy) is 3. The second kappa shape index (κ2) is 23.9. The molecule has 0 aliphatic carbocycles. The number of halogens is 4. The molecule has 10 rings (SSSR count). The van der Waals surface area contributed by atoms with E-state index in [1.165, 1.54) is 24.0 Å². The largest absolute Gasteiger partial charge is 0.486 e. The van der Waals surface area contributed by atoms with Crippen LogP contribution in [0, 0.1) is 23.3 Å². The Morgan fingerprint density at radius 3 is 1.91 bits per heavy atom. The minimum atomic E-state index is -0.652. The fourth-order valence-electron chi connectivity index (χ4n) is 10.0. The van der Waals surface area contributed by atoms with Crippen LogP contribution < -0.4 is 39.7 Å². The van der Waals surface area contributed by atoms with Crippen molar-refractivity contribution in [3.05, 3.63) is 120 Å². The van der Waals surface area contributed by atoms with Gasteiger partial charge in [0.15, 0.2) is 34.8 Å². The van der Waals surface area contributed by atoms with Gasteiger partial charge in [-0.25, -0.2) is 42.3 Å². The van der Waals surface area contributed by atoms with Crippen LogP contribution in [0.2, 0.25) is 0 Å². The molecule has 2 saturated heterocycles. The van der Waals surface area contributed by atoms with E-state index in [9.17, 15) is 18.0 Å². The number of carbonyl (C=O) groups is 1. The third-order valence-electron chi connectivity index (χ3n) is 13.7. The minimum Gasteiger partial charge on any atom is -0.486 e. The molecular weight excluding hydrogens is 991 g/mol. The van der Waals surface area contributed by atoms with Gasteiger partial charge >= 0.3 is 6.09 Å². The van der Waals surface area contributed by atoms with Gasteiger partial charge in [-0.3, -0.25) is 0 Å². The van der Waals surface area contributed by atoms with E-state index >= 15 is 4.39 Å². The summed E-state index contributed by atoms with van der Waals surface area (Å²) in [5, 5.41) is 6.59. The van der Waals surface area contributed by atoms with E-state index in [0.717, 1.165) is 63.0 Å². The third-order valence-corrected chi connectivity index (χ3v) is 13.7. The molecular formula is C58H69F4N11O4. The van der Waals surface area contributed by atoms with Gasteiger partial charge < -0.3 is 49.3 Å². The number of fused-ring (bicyclic) bond motifs is 2. The second-order valence-electron chi connectivity index (χ2n) is 21.2. The number of nitrogens with one attached hydrogen (secondary N) is 2. The van der Waals surface area contributed by atoms with Gasteiger partial charge in [-0.05, 0) is 128 Å². The van der Waals surface area contributed by atoms with Crippen molar-refractivity contribution in [3.63, 3.8) is 0 Å². The van der Waals surface area contributed by atoms with E-state index in [1.54, 1.807) is 17.0 Å². The Bertz CT molecular complexity index is 3040. The standard InChI is InChI=1S/C31H38F2N6O3.C27H31F2N5O/c1-20(2)39-14-15-41-28-24(32)16-21(17-26(28)39)27-25(33)19-34-29(36-27)35-22-8-6-9-23(18-22)37-10-7-11-38(13-12-37)30(40)42-31(3,4)5;1-18(2)34-11-12-35-27-22(28)15-20(16-24(27)34)26-23(29)17-31-25(32-26)14-19-5-3-6-21(13-19)33-9-4-7-30-8-10-33/h6,8-9,16-20H,7,10-15H2,1-5H3,(H,34,35,36);3,5-6,13,15-18,30H,4,7-12,14H2,1-2H3. The highest BCUT2D eigenvalue weighted by molar-refractivity contribution is 5.75. The topological polar surface area (TPSA) is 137 Å². The molecule has 0 atom stereocenters. The highest BCUT2D eigenvalue weighted by Gasteiger charge is 2.29. The first-order chi connectivity index (χ1) is 37.0. The van der Waals surface area contributed by atoms with E-state index in [-0.39, 0.29) is 47.0 Å². The Labute approximate surface area is 448 Å². The Balaban J connectivity index is 0.000000191. The first-order valence-electron chi connectivity index (χ1n) is 26.6. The molecule has 4 aliphatic heterocycles. The van der Waals surface area contributed by atoms with E-state index in [2.05, 4.69) is 57.4 Å². The second-order valence-corrected chi connectivity index (χ2v) is 21.2. The normalized spacial score (nSPS) is 15.9. The summed E-state index contributed by atoms with van der Waals surface area (Å²) < 4.78 is 76.5. The molecule has 408 valence electrons. The predicted octanol–water partition coefficient (Wildman–Crippen LogP) is 10.6. The fraction of sp³-hybridized carbons (Fsp3) is 0.431. The number of carbonyl (C=O) groups excluding carboxylic acids is 1. The third kappa shape index (κ3) is 13.2. The number of nitrogens with zero attached hydrogens (tertiary/aromatic N) is 9. The summed E-state index contributed by atoms with van der Waals surface area (Å²) in [6, 6.07) is 22.4. The highest BCUT2D eigenvalue weighted by Crippen LogP contribution is 2.41. The summed E-state index contributed by atoms with van der Waals surface area (Å²) in [6.45, 7) is 22.3. The summed E-state index contributed by atoms with van der Waals surface area (Å²) >= 11 is 0. The zero-order valence-electron chi connectivity index (χ0n) is 45.0. The average Bonchev–Trinajstić information content (AvgIpc) is 3.87. The summed E-state index contributed by atoms with van der Waals surface area (Å²) in [7, 11) is 0. The molecule has 15 nitrogen and oxygen atoms in total. The van der Waals surface area contributed by atoms with Crippen molar-refractivity contribution in [1.82, 2.24) is 30.2 Å². The van der Waals surface area contributed by atoms with Crippen molar-refractivity contribution in [3.8, 4) is 34.0 Å². The molecule has 6 heterocycles. The molecule has 2 aromatic heterocycles. The van der Waals surface area contributed by atoms with Crippen molar-refractivity contribution in [2.45, 2.75) is 85.4 Å². The van der Waals surface area contributed by atoms with Crippen molar-refractivity contribution < 1.29 is 36.6 Å². The number of aromatic nitrogens is 4. The number of amides is 1. The first kappa shape index (κ1) is 54.4. The van der Waals surface area contributed by atoms with E-state index in [0.29, 0.717) is 86.4 Å². The maximum atomic E-state index is 15.1. The molecule has 0 saturated carbocycles. The molecule has 0 spiro atoms. The van der Waals surface area contributed by atoms with E-state index < -0.39 is 28.9 Å². The first-order valence-corrected chi connectivity index (χ1v) is 26.6. The monoisotopic (exact) mass is 1060 g/mol. The summed E-state index contributed by atoms with van der Waals surface area (Å²) in [4.78, 5) is 40.3. The van der Waals surface area contributed by atoms with Crippen LogP contribution in [-0.2, 0) is 11.2 Å². The smallest absolute Gasteiger partial charge is 0.410 e. The molecule has 0 radical (unpaired) electrons. The lowest BCUT2D eigenvalue weighted by molar-refractivity contribution is 0.0263. The molecule has 2 N–H and O–H groups in total. The lowest BCUT2D eigenvalue weighted by atomic mass is 10.1. The van der Waals surface area contributed by atoms with Gasteiger partial charge in [-0.15, -0.1) is 0 Å². The van der Waals surface area contributed by atoms with Crippen LogP contribution in [-0.4, -0.2) is 127 Å². The van der Waals surface area contributed by atoms with Gasteiger partial charge in [0.2, 0.25) is 5.95 Å². The molecule has 2 fully saturated rings. The predicted molar refractivity (Wildman–Crippen MR) is 294 cm³/mol.